The molecule has 23 heavy (non-hydrogen) atoms. The van der Waals surface area contributed by atoms with Gasteiger partial charge in [-0.2, -0.15) is 5.10 Å². The van der Waals surface area contributed by atoms with Gasteiger partial charge in [0.1, 0.15) is 0 Å². The number of aryl methyl sites for hydroxylation is 1. The third kappa shape index (κ3) is 3.31. The molecular formula is C18H24N4O. The highest BCUT2D eigenvalue weighted by Crippen LogP contribution is 2.33. The van der Waals surface area contributed by atoms with E-state index in [1.807, 2.05) is 36.4 Å². The van der Waals surface area contributed by atoms with Gasteiger partial charge in [0.25, 0.3) is 0 Å². The Hall–Kier alpha value is -1.72. The van der Waals surface area contributed by atoms with Crippen LogP contribution in [0.15, 0.2) is 30.7 Å². The maximum absolute atomic E-state index is 6.05. The molecular weight excluding hydrogens is 288 g/mol. The van der Waals surface area contributed by atoms with E-state index in [1.54, 1.807) is 0 Å². The molecule has 2 aromatic heterocycles. The van der Waals surface area contributed by atoms with E-state index in [1.165, 1.54) is 29.7 Å². The molecule has 0 bridgehead atoms. The van der Waals surface area contributed by atoms with Crippen molar-refractivity contribution in [1.82, 2.24) is 19.7 Å². The molecule has 2 aliphatic rings. The highest BCUT2D eigenvalue weighted by molar-refractivity contribution is 5.25. The average molecular weight is 312 g/mol. The second-order valence-electron chi connectivity index (χ2n) is 6.76. The molecule has 0 unspecified atom stereocenters. The lowest BCUT2D eigenvalue weighted by molar-refractivity contribution is 0.0412. The molecule has 1 atom stereocenters. The van der Waals surface area contributed by atoms with Gasteiger partial charge in [-0.1, -0.05) is 6.07 Å². The summed E-state index contributed by atoms with van der Waals surface area (Å²) < 4.78 is 8.07. The van der Waals surface area contributed by atoms with Gasteiger partial charge >= 0.3 is 0 Å². The first-order valence-electron chi connectivity index (χ1n) is 8.52. The van der Waals surface area contributed by atoms with Crippen molar-refractivity contribution in [3.8, 4) is 0 Å². The first kappa shape index (κ1) is 14.8. The van der Waals surface area contributed by atoms with Crippen LogP contribution in [0, 0.1) is 5.92 Å². The van der Waals surface area contributed by atoms with Gasteiger partial charge in [0.15, 0.2) is 0 Å². The van der Waals surface area contributed by atoms with Crippen LogP contribution in [0.3, 0.4) is 0 Å². The average Bonchev–Trinajstić information content (AvgIpc) is 3.32. The Morgan fingerprint density at radius 1 is 1.26 bits per heavy atom. The van der Waals surface area contributed by atoms with Crippen molar-refractivity contribution in [2.24, 2.45) is 13.0 Å². The zero-order chi connectivity index (χ0) is 15.6. The Morgan fingerprint density at radius 3 is 2.96 bits per heavy atom. The van der Waals surface area contributed by atoms with E-state index >= 15 is 0 Å². The normalized spacial score (nSPS) is 21.3. The highest BCUT2D eigenvalue weighted by Gasteiger charge is 2.31. The minimum Gasteiger partial charge on any atom is -0.379 e. The van der Waals surface area contributed by atoms with Gasteiger partial charge in [0, 0.05) is 39.1 Å². The Balaban J connectivity index is 1.52. The van der Waals surface area contributed by atoms with Crippen molar-refractivity contribution in [3.63, 3.8) is 0 Å². The first-order valence-corrected chi connectivity index (χ1v) is 8.52. The van der Waals surface area contributed by atoms with E-state index in [2.05, 4.69) is 21.0 Å². The number of aromatic nitrogens is 3. The van der Waals surface area contributed by atoms with Gasteiger partial charge in [0.05, 0.1) is 24.5 Å². The fourth-order valence-electron chi connectivity index (χ4n) is 3.44. The number of pyridine rings is 1. The molecule has 1 aliphatic heterocycles. The van der Waals surface area contributed by atoms with E-state index in [0.717, 1.165) is 38.6 Å². The Morgan fingerprint density at radius 2 is 2.17 bits per heavy atom. The summed E-state index contributed by atoms with van der Waals surface area (Å²) in [7, 11) is 2.04. The third-order valence-electron chi connectivity index (χ3n) is 4.92. The summed E-state index contributed by atoms with van der Waals surface area (Å²) in [5, 5.41) is 4.47. The summed E-state index contributed by atoms with van der Waals surface area (Å²) in [6.45, 7) is 3.62. The number of hydrogen-bond acceptors (Lipinski definition) is 4. The summed E-state index contributed by atoms with van der Waals surface area (Å²) in [6.07, 6.45) is 9.53. The van der Waals surface area contributed by atoms with Crippen molar-refractivity contribution in [3.05, 3.63) is 47.5 Å². The molecule has 5 nitrogen and oxygen atoms in total. The van der Waals surface area contributed by atoms with Crippen LogP contribution < -0.4 is 0 Å². The van der Waals surface area contributed by atoms with Crippen LogP contribution in [0.4, 0.5) is 0 Å². The summed E-state index contributed by atoms with van der Waals surface area (Å²) >= 11 is 0. The first-order chi connectivity index (χ1) is 11.3. The van der Waals surface area contributed by atoms with E-state index in [-0.39, 0.29) is 6.04 Å². The van der Waals surface area contributed by atoms with Crippen molar-refractivity contribution in [2.75, 3.05) is 19.8 Å². The van der Waals surface area contributed by atoms with E-state index in [4.69, 9.17) is 4.74 Å². The van der Waals surface area contributed by atoms with Crippen LogP contribution in [-0.4, -0.2) is 39.4 Å². The zero-order valence-corrected chi connectivity index (χ0v) is 13.7. The quantitative estimate of drug-likeness (QED) is 0.821. The summed E-state index contributed by atoms with van der Waals surface area (Å²) in [5.74, 6) is 0.802. The van der Waals surface area contributed by atoms with Crippen molar-refractivity contribution in [2.45, 2.75) is 31.8 Å². The minimum atomic E-state index is 0.283. The van der Waals surface area contributed by atoms with Crippen LogP contribution in [0.5, 0.6) is 0 Å². The summed E-state index contributed by atoms with van der Waals surface area (Å²) in [6, 6.07) is 4.44. The maximum Gasteiger partial charge on any atom is 0.0760 e. The number of rotatable bonds is 6. The monoisotopic (exact) mass is 312 g/mol. The van der Waals surface area contributed by atoms with Gasteiger partial charge in [-0.25, -0.2) is 0 Å². The van der Waals surface area contributed by atoms with Crippen molar-refractivity contribution >= 4 is 0 Å². The van der Waals surface area contributed by atoms with Crippen LogP contribution >= 0.6 is 0 Å². The van der Waals surface area contributed by atoms with E-state index in [0.29, 0.717) is 0 Å². The molecule has 0 aromatic carbocycles. The molecule has 0 amide bonds. The molecule has 4 rings (SSSR count). The second-order valence-corrected chi connectivity index (χ2v) is 6.76. The lowest BCUT2D eigenvalue weighted by atomic mass is 9.99. The highest BCUT2D eigenvalue weighted by atomic mass is 16.5. The van der Waals surface area contributed by atoms with Crippen LogP contribution in [0.1, 0.15) is 35.7 Å². The number of hydrogen-bond donors (Lipinski definition) is 0. The van der Waals surface area contributed by atoms with Crippen molar-refractivity contribution in [1.29, 1.82) is 0 Å². The van der Waals surface area contributed by atoms with Crippen molar-refractivity contribution < 1.29 is 4.74 Å². The topological polar surface area (TPSA) is 43.2 Å². The molecule has 1 saturated carbocycles. The number of fused-ring (bicyclic) bond motifs is 1. The lowest BCUT2D eigenvalue weighted by Crippen LogP contribution is -2.38. The van der Waals surface area contributed by atoms with Crippen LogP contribution in [0.2, 0.25) is 0 Å². The molecule has 0 N–H and O–H groups in total. The summed E-state index contributed by atoms with van der Waals surface area (Å²) in [4.78, 5) is 6.75. The Labute approximate surface area is 137 Å². The summed E-state index contributed by atoms with van der Waals surface area (Å²) in [5.41, 5.74) is 3.94. The van der Waals surface area contributed by atoms with Gasteiger partial charge in [0.2, 0.25) is 0 Å². The SMILES string of the molecule is Cn1ncc2c1[C@H](COCC1CC1)N(Cc1cccnc1)CC2. The fraction of sp³-hybridized carbons (Fsp3) is 0.556. The molecule has 0 saturated heterocycles. The Kier molecular flexibility index (Phi) is 4.14. The molecule has 0 radical (unpaired) electrons. The number of nitrogens with zero attached hydrogens (tertiary/aromatic N) is 4. The van der Waals surface area contributed by atoms with E-state index < -0.39 is 0 Å². The molecule has 5 heteroatoms. The molecule has 3 heterocycles. The van der Waals surface area contributed by atoms with E-state index in [9.17, 15) is 0 Å². The van der Waals surface area contributed by atoms with Crippen LogP contribution in [-0.2, 0) is 24.8 Å². The molecule has 1 fully saturated rings. The lowest BCUT2D eigenvalue weighted by Gasteiger charge is -2.36. The smallest absolute Gasteiger partial charge is 0.0760 e. The van der Waals surface area contributed by atoms with Gasteiger partial charge in [-0.05, 0) is 42.4 Å². The Bertz CT molecular complexity index is 650. The predicted molar refractivity (Wildman–Crippen MR) is 87.8 cm³/mol. The zero-order valence-electron chi connectivity index (χ0n) is 13.7. The molecule has 122 valence electrons. The minimum absolute atomic E-state index is 0.283. The number of ether oxygens (including phenoxy) is 1. The van der Waals surface area contributed by atoms with Gasteiger partial charge in [-0.3, -0.25) is 14.6 Å². The third-order valence-corrected chi connectivity index (χ3v) is 4.92. The largest absolute Gasteiger partial charge is 0.379 e. The standard InChI is InChI=1S/C18H24N4O/c1-21-18-16(10-20-21)6-8-22(11-15-3-2-7-19-9-15)17(18)13-23-12-14-4-5-14/h2-3,7,9-10,14,17H,4-6,8,11-13H2,1H3/t17-/m0/s1. The maximum atomic E-state index is 6.05. The second kappa shape index (κ2) is 6.42. The van der Waals surface area contributed by atoms with Gasteiger partial charge < -0.3 is 4.74 Å². The predicted octanol–water partition coefficient (Wildman–Crippen LogP) is 2.34. The fourth-order valence-corrected chi connectivity index (χ4v) is 3.44. The van der Waals surface area contributed by atoms with Gasteiger partial charge in [-0.15, -0.1) is 0 Å². The molecule has 1 aliphatic carbocycles. The molecule has 0 spiro atoms. The molecule has 2 aromatic rings. The van der Waals surface area contributed by atoms with Crippen LogP contribution in [0.25, 0.3) is 0 Å².